The van der Waals surface area contributed by atoms with Crippen LogP contribution in [0.3, 0.4) is 0 Å². The maximum Gasteiger partial charge on any atom is 0.472 e. The summed E-state index contributed by atoms with van der Waals surface area (Å²) in [5.74, 6) is 0.533. The SMILES string of the molecule is COOc1ccc(COP(=O)(O)OC)cc1. The van der Waals surface area contributed by atoms with Crippen molar-refractivity contribution in [1.29, 1.82) is 0 Å². The standard InChI is InChI=1S/C9H13O6P/c1-12-15-9-5-3-8(4-6-9)7-14-16(10,11)13-2/h3-6H,7H2,1-2H3,(H,10,11). The van der Waals surface area contributed by atoms with Gasteiger partial charge < -0.3 is 9.78 Å². The van der Waals surface area contributed by atoms with Crippen LogP contribution in [0.4, 0.5) is 0 Å². The summed E-state index contributed by atoms with van der Waals surface area (Å²) in [7, 11) is -1.41. The molecule has 1 unspecified atom stereocenters. The van der Waals surface area contributed by atoms with Gasteiger partial charge in [0, 0.05) is 7.11 Å². The molecule has 0 radical (unpaired) electrons. The lowest BCUT2D eigenvalue weighted by molar-refractivity contribution is -0.178. The summed E-state index contributed by atoms with van der Waals surface area (Å²) in [6, 6.07) is 6.67. The van der Waals surface area contributed by atoms with E-state index in [0.717, 1.165) is 12.7 Å². The van der Waals surface area contributed by atoms with E-state index in [1.807, 2.05) is 0 Å². The summed E-state index contributed by atoms with van der Waals surface area (Å²) >= 11 is 0. The van der Waals surface area contributed by atoms with E-state index in [1.54, 1.807) is 24.3 Å². The summed E-state index contributed by atoms with van der Waals surface area (Å²) in [6.45, 7) is -0.0190. The second kappa shape index (κ2) is 5.98. The van der Waals surface area contributed by atoms with Gasteiger partial charge in [0.2, 0.25) is 0 Å². The Morgan fingerprint density at radius 3 is 2.38 bits per heavy atom. The smallest absolute Gasteiger partial charge is 0.338 e. The highest BCUT2D eigenvalue weighted by molar-refractivity contribution is 7.47. The van der Waals surface area contributed by atoms with Gasteiger partial charge in [0.05, 0.1) is 13.7 Å². The monoisotopic (exact) mass is 248 g/mol. The van der Waals surface area contributed by atoms with Gasteiger partial charge in [0.15, 0.2) is 5.75 Å². The lowest BCUT2D eigenvalue weighted by Gasteiger charge is -2.09. The van der Waals surface area contributed by atoms with Gasteiger partial charge in [-0.15, -0.1) is 0 Å². The Morgan fingerprint density at radius 1 is 1.25 bits per heavy atom. The van der Waals surface area contributed by atoms with Crippen LogP contribution in [0.1, 0.15) is 5.56 Å². The molecule has 0 spiro atoms. The van der Waals surface area contributed by atoms with Gasteiger partial charge in [0.25, 0.3) is 0 Å². The maximum atomic E-state index is 11.0. The second-order valence-electron chi connectivity index (χ2n) is 2.82. The van der Waals surface area contributed by atoms with E-state index in [2.05, 4.69) is 13.9 Å². The first-order chi connectivity index (χ1) is 7.57. The van der Waals surface area contributed by atoms with Crippen LogP contribution in [0.5, 0.6) is 5.75 Å². The Labute approximate surface area is 93.3 Å². The molecule has 7 heteroatoms. The van der Waals surface area contributed by atoms with Crippen LogP contribution in [0, 0.1) is 0 Å². The van der Waals surface area contributed by atoms with Crippen molar-refractivity contribution in [2.45, 2.75) is 6.61 Å². The molecule has 0 saturated carbocycles. The average molecular weight is 248 g/mol. The van der Waals surface area contributed by atoms with Crippen molar-refractivity contribution >= 4 is 7.82 Å². The van der Waals surface area contributed by atoms with Crippen LogP contribution in [-0.2, 0) is 25.1 Å². The third kappa shape index (κ3) is 4.30. The number of hydrogen-bond donors (Lipinski definition) is 1. The molecule has 0 aliphatic carbocycles. The van der Waals surface area contributed by atoms with Crippen LogP contribution in [0.2, 0.25) is 0 Å². The molecular weight excluding hydrogens is 235 g/mol. The largest absolute Gasteiger partial charge is 0.472 e. The van der Waals surface area contributed by atoms with Crippen LogP contribution >= 0.6 is 7.82 Å². The Kier molecular flexibility index (Phi) is 4.92. The molecular formula is C9H13O6P. The second-order valence-corrected chi connectivity index (χ2v) is 4.38. The molecule has 0 aliphatic heterocycles. The Bertz CT molecular complexity index is 363. The fourth-order valence-electron chi connectivity index (χ4n) is 0.946. The average Bonchev–Trinajstić information content (AvgIpc) is 2.29. The summed E-state index contributed by atoms with van der Waals surface area (Å²) in [5.41, 5.74) is 0.717. The number of benzene rings is 1. The topological polar surface area (TPSA) is 74.2 Å². The summed E-state index contributed by atoms with van der Waals surface area (Å²) in [6.07, 6.45) is 0. The maximum absolute atomic E-state index is 11.0. The minimum absolute atomic E-state index is 0.0190. The van der Waals surface area contributed by atoms with Gasteiger partial charge in [-0.2, -0.15) is 4.89 Å². The van der Waals surface area contributed by atoms with Gasteiger partial charge in [-0.05, 0) is 17.7 Å². The van der Waals surface area contributed by atoms with E-state index in [-0.39, 0.29) is 6.61 Å². The molecule has 0 amide bonds. The highest BCUT2D eigenvalue weighted by Gasteiger charge is 2.17. The van der Waals surface area contributed by atoms with Gasteiger partial charge >= 0.3 is 7.82 Å². The van der Waals surface area contributed by atoms with E-state index < -0.39 is 7.82 Å². The number of phosphoric ester groups is 1. The molecule has 0 heterocycles. The molecule has 0 saturated heterocycles. The lowest BCUT2D eigenvalue weighted by atomic mass is 10.2. The van der Waals surface area contributed by atoms with Crippen LogP contribution in [0.25, 0.3) is 0 Å². The van der Waals surface area contributed by atoms with Crippen molar-refractivity contribution in [3.05, 3.63) is 29.8 Å². The zero-order chi connectivity index (χ0) is 12.0. The van der Waals surface area contributed by atoms with Gasteiger partial charge in [-0.3, -0.25) is 9.05 Å². The highest BCUT2D eigenvalue weighted by atomic mass is 31.2. The fourth-order valence-corrected chi connectivity index (χ4v) is 1.36. The van der Waals surface area contributed by atoms with Crippen molar-refractivity contribution in [3.8, 4) is 5.75 Å². The number of rotatable bonds is 6. The van der Waals surface area contributed by atoms with Crippen LogP contribution < -0.4 is 4.89 Å². The van der Waals surface area contributed by atoms with E-state index >= 15 is 0 Å². The summed E-state index contributed by atoms with van der Waals surface area (Å²) < 4.78 is 19.9. The van der Waals surface area contributed by atoms with Crippen LogP contribution in [0.15, 0.2) is 24.3 Å². The summed E-state index contributed by atoms with van der Waals surface area (Å²) in [5, 5.41) is 0. The van der Waals surface area contributed by atoms with Crippen molar-refractivity contribution in [3.63, 3.8) is 0 Å². The molecule has 90 valence electrons. The Balaban J connectivity index is 2.52. The van der Waals surface area contributed by atoms with E-state index in [0.29, 0.717) is 5.75 Å². The Hall–Kier alpha value is -0.910. The lowest BCUT2D eigenvalue weighted by Crippen LogP contribution is -1.94. The number of phosphoric acid groups is 1. The minimum atomic E-state index is -3.92. The molecule has 1 N–H and O–H groups in total. The molecule has 6 nitrogen and oxygen atoms in total. The molecule has 1 atom stereocenters. The first-order valence-corrected chi connectivity index (χ1v) is 5.89. The molecule has 0 aliphatic rings. The van der Waals surface area contributed by atoms with E-state index in [9.17, 15) is 4.57 Å². The van der Waals surface area contributed by atoms with Gasteiger partial charge in [0.1, 0.15) is 0 Å². The first-order valence-electron chi connectivity index (χ1n) is 4.40. The van der Waals surface area contributed by atoms with E-state index in [1.165, 1.54) is 7.11 Å². The van der Waals surface area contributed by atoms with Gasteiger partial charge in [-0.1, -0.05) is 12.1 Å². The zero-order valence-corrected chi connectivity index (χ0v) is 9.85. The van der Waals surface area contributed by atoms with Crippen LogP contribution in [-0.4, -0.2) is 19.1 Å². The molecule has 1 aromatic carbocycles. The fraction of sp³-hybridized carbons (Fsp3) is 0.333. The summed E-state index contributed by atoms with van der Waals surface area (Å²) in [4.78, 5) is 18.2. The quantitative estimate of drug-likeness (QED) is 0.470. The zero-order valence-electron chi connectivity index (χ0n) is 8.95. The molecule has 1 rings (SSSR count). The third-order valence-electron chi connectivity index (χ3n) is 1.73. The van der Waals surface area contributed by atoms with Crippen molar-refractivity contribution in [2.75, 3.05) is 14.2 Å². The van der Waals surface area contributed by atoms with Crippen molar-refractivity contribution in [2.24, 2.45) is 0 Å². The third-order valence-corrected chi connectivity index (χ3v) is 2.64. The normalized spacial score (nSPS) is 14.4. The molecule has 1 aromatic rings. The highest BCUT2D eigenvalue weighted by Crippen LogP contribution is 2.42. The predicted octanol–water partition coefficient (Wildman–Crippen LogP) is 1.89. The Morgan fingerprint density at radius 2 is 1.88 bits per heavy atom. The van der Waals surface area contributed by atoms with Crippen molar-refractivity contribution < 1.29 is 28.3 Å². The minimum Gasteiger partial charge on any atom is -0.338 e. The first kappa shape index (κ1) is 13.2. The van der Waals surface area contributed by atoms with Crippen molar-refractivity contribution in [1.82, 2.24) is 0 Å². The predicted molar refractivity (Wildman–Crippen MR) is 55.7 cm³/mol. The number of hydrogen-bond acceptors (Lipinski definition) is 5. The van der Waals surface area contributed by atoms with E-state index in [4.69, 9.17) is 9.78 Å². The molecule has 0 fully saturated rings. The molecule has 0 aromatic heterocycles. The molecule has 16 heavy (non-hydrogen) atoms. The van der Waals surface area contributed by atoms with Gasteiger partial charge in [-0.25, -0.2) is 4.57 Å². The molecule has 0 bridgehead atoms.